The number of aromatic nitrogens is 3. The molecule has 2 N–H and O–H groups in total. The molecule has 0 saturated carbocycles. The predicted octanol–water partition coefficient (Wildman–Crippen LogP) is 4.71. The van der Waals surface area contributed by atoms with Crippen LogP contribution < -0.4 is 10.6 Å². The number of halogens is 1. The number of nitrogens with one attached hydrogen (secondary N) is 2. The molecule has 4 rings (SSSR count). The molecule has 2 aromatic heterocycles. The van der Waals surface area contributed by atoms with Gasteiger partial charge in [0.15, 0.2) is 0 Å². The van der Waals surface area contributed by atoms with Gasteiger partial charge in [-0.25, -0.2) is 9.97 Å². The highest BCUT2D eigenvalue weighted by molar-refractivity contribution is 6.30. The smallest absolute Gasteiger partial charge is 0.227 e. The molecule has 5 nitrogen and oxygen atoms in total. The summed E-state index contributed by atoms with van der Waals surface area (Å²) in [6.07, 6.45) is 3.89. The summed E-state index contributed by atoms with van der Waals surface area (Å²) in [6.45, 7) is 1.85. The van der Waals surface area contributed by atoms with Gasteiger partial charge in [0.25, 0.3) is 0 Å². The van der Waals surface area contributed by atoms with Gasteiger partial charge in [-0.05, 0) is 43.4 Å². The fourth-order valence-corrected chi connectivity index (χ4v) is 3.33. The Labute approximate surface area is 163 Å². The molecule has 0 spiro atoms. The summed E-state index contributed by atoms with van der Waals surface area (Å²) in [5.74, 6) is 0.543. The molecule has 0 bridgehead atoms. The summed E-state index contributed by atoms with van der Waals surface area (Å²) < 4.78 is 2.25. The Bertz CT molecular complexity index is 1070. The van der Waals surface area contributed by atoms with E-state index in [9.17, 15) is 0 Å². The number of rotatable bonds is 6. The van der Waals surface area contributed by atoms with E-state index in [1.54, 1.807) is 6.20 Å². The van der Waals surface area contributed by atoms with Crippen molar-refractivity contribution < 1.29 is 0 Å². The first kappa shape index (κ1) is 17.5. The minimum atomic E-state index is 0.543. The maximum absolute atomic E-state index is 6.05. The molecule has 0 atom stereocenters. The normalized spacial score (nSPS) is 11.0. The minimum Gasteiger partial charge on any atom is -0.346 e. The number of fused-ring (bicyclic) bond motifs is 1. The van der Waals surface area contributed by atoms with Crippen LogP contribution >= 0.6 is 11.6 Å². The van der Waals surface area contributed by atoms with Crippen LogP contribution in [0, 0.1) is 0 Å². The summed E-state index contributed by atoms with van der Waals surface area (Å²) in [5.41, 5.74) is 4.03. The van der Waals surface area contributed by atoms with Gasteiger partial charge in [-0.3, -0.25) is 0 Å². The van der Waals surface area contributed by atoms with Crippen LogP contribution in [0.3, 0.4) is 0 Å². The van der Waals surface area contributed by atoms with E-state index in [0.717, 1.165) is 30.0 Å². The Balaban J connectivity index is 1.68. The van der Waals surface area contributed by atoms with Crippen LogP contribution in [0.2, 0.25) is 5.02 Å². The third kappa shape index (κ3) is 3.79. The standard InChI is InChI=1S/C21H20ClN5/c1-23-11-13-27-12-9-18-17(6-3-7-20(18)27)19-8-10-24-21(26-19)25-16-5-2-4-15(22)14-16/h2-10,12,14,23H,11,13H2,1H3,(H,24,25,26). The topological polar surface area (TPSA) is 54.8 Å². The minimum absolute atomic E-state index is 0.543. The first-order valence-corrected chi connectivity index (χ1v) is 9.21. The summed E-state index contributed by atoms with van der Waals surface area (Å²) in [6, 6.07) is 17.9. The van der Waals surface area contributed by atoms with Crippen molar-refractivity contribution in [3.05, 3.63) is 72.0 Å². The Hall–Kier alpha value is -2.89. The summed E-state index contributed by atoms with van der Waals surface area (Å²) in [7, 11) is 1.96. The largest absolute Gasteiger partial charge is 0.346 e. The fraction of sp³-hybridized carbons (Fsp3) is 0.143. The zero-order valence-corrected chi connectivity index (χ0v) is 15.7. The van der Waals surface area contributed by atoms with Crippen LogP contribution in [0.1, 0.15) is 0 Å². The van der Waals surface area contributed by atoms with E-state index in [-0.39, 0.29) is 0 Å². The Morgan fingerprint density at radius 2 is 1.96 bits per heavy atom. The zero-order valence-electron chi connectivity index (χ0n) is 15.0. The maximum atomic E-state index is 6.05. The Kier molecular flexibility index (Phi) is 5.05. The van der Waals surface area contributed by atoms with Crippen LogP contribution in [-0.4, -0.2) is 28.1 Å². The lowest BCUT2D eigenvalue weighted by Gasteiger charge is -2.09. The van der Waals surface area contributed by atoms with Crippen molar-refractivity contribution in [1.29, 1.82) is 0 Å². The Morgan fingerprint density at radius 1 is 1.07 bits per heavy atom. The summed E-state index contributed by atoms with van der Waals surface area (Å²) in [5, 5.41) is 8.26. The zero-order chi connectivity index (χ0) is 18.6. The van der Waals surface area contributed by atoms with E-state index >= 15 is 0 Å². The monoisotopic (exact) mass is 377 g/mol. The van der Waals surface area contributed by atoms with Gasteiger partial charge in [0.05, 0.1) is 5.69 Å². The third-order valence-corrected chi connectivity index (χ3v) is 4.66. The van der Waals surface area contributed by atoms with Crippen molar-refractivity contribution >= 4 is 34.1 Å². The number of hydrogen-bond acceptors (Lipinski definition) is 4. The second-order valence-electron chi connectivity index (χ2n) is 6.25. The van der Waals surface area contributed by atoms with Gasteiger partial charge in [0.2, 0.25) is 5.95 Å². The number of likely N-dealkylation sites (N-methyl/N-ethyl adjacent to an activating group) is 1. The van der Waals surface area contributed by atoms with Gasteiger partial charge in [0.1, 0.15) is 0 Å². The molecule has 0 saturated heterocycles. The van der Waals surface area contributed by atoms with Gasteiger partial charge in [0, 0.05) is 52.7 Å². The maximum Gasteiger partial charge on any atom is 0.227 e. The van der Waals surface area contributed by atoms with E-state index in [4.69, 9.17) is 16.6 Å². The molecule has 6 heteroatoms. The molecule has 136 valence electrons. The highest BCUT2D eigenvalue weighted by Gasteiger charge is 2.09. The van der Waals surface area contributed by atoms with Crippen LogP contribution in [0.5, 0.6) is 0 Å². The second kappa shape index (κ2) is 7.78. The average molecular weight is 378 g/mol. The van der Waals surface area contributed by atoms with Crippen molar-refractivity contribution in [2.24, 2.45) is 0 Å². The highest BCUT2D eigenvalue weighted by Crippen LogP contribution is 2.29. The molecule has 0 amide bonds. The number of anilines is 2. The van der Waals surface area contributed by atoms with Gasteiger partial charge in [-0.15, -0.1) is 0 Å². The fourth-order valence-electron chi connectivity index (χ4n) is 3.14. The number of benzene rings is 2. The SMILES string of the molecule is CNCCn1ccc2c(-c3ccnc(Nc4cccc(Cl)c4)n3)cccc21. The van der Waals surface area contributed by atoms with Gasteiger partial charge in [-0.2, -0.15) is 0 Å². The van der Waals surface area contributed by atoms with Crippen molar-refractivity contribution in [3.8, 4) is 11.3 Å². The van der Waals surface area contributed by atoms with Crippen molar-refractivity contribution in [3.63, 3.8) is 0 Å². The van der Waals surface area contributed by atoms with Crippen LogP contribution in [0.15, 0.2) is 67.0 Å². The second-order valence-corrected chi connectivity index (χ2v) is 6.69. The van der Waals surface area contributed by atoms with Crippen molar-refractivity contribution in [1.82, 2.24) is 19.9 Å². The molecule has 4 aromatic rings. The average Bonchev–Trinajstić information content (AvgIpc) is 3.10. The van der Waals surface area contributed by atoms with E-state index in [1.165, 1.54) is 10.9 Å². The van der Waals surface area contributed by atoms with Crippen LogP contribution in [0.4, 0.5) is 11.6 Å². The lowest BCUT2D eigenvalue weighted by atomic mass is 10.1. The lowest BCUT2D eigenvalue weighted by Crippen LogP contribution is -2.14. The van der Waals surface area contributed by atoms with Crippen LogP contribution in [-0.2, 0) is 6.54 Å². The number of nitrogens with zero attached hydrogens (tertiary/aromatic N) is 3. The van der Waals surface area contributed by atoms with E-state index < -0.39 is 0 Å². The third-order valence-electron chi connectivity index (χ3n) is 4.43. The van der Waals surface area contributed by atoms with Crippen LogP contribution in [0.25, 0.3) is 22.2 Å². The molecule has 27 heavy (non-hydrogen) atoms. The quantitative estimate of drug-likeness (QED) is 0.510. The molecular formula is C21H20ClN5. The molecular weight excluding hydrogens is 358 g/mol. The summed E-state index contributed by atoms with van der Waals surface area (Å²) >= 11 is 6.05. The molecule has 0 radical (unpaired) electrons. The van der Waals surface area contributed by atoms with Crippen molar-refractivity contribution in [2.45, 2.75) is 6.54 Å². The first-order valence-electron chi connectivity index (χ1n) is 8.83. The molecule has 0 unspecified atom stereocenters. The van der Waals surface area contributed by atoms with E-state index in [0.29, 0.717) is 11.0 Å². The van der Waals surface area contributed by atoms with E-state index in [1.807, 2.05) is 37.4 Å². The first-order chi connectivity index (χ1) is 13.2. The lowest BCUT2D eigenvalue weighted by molar-refractivity contribution is 0.662. The molecule has 0 aliphatic heterocycles. The molecule has 2 aromatic carbocycles. The predicted molar refractivity (Wildman–Crippen MR) is 112 cm³/mol. The highest BCUT2D eigenvalue weighted by atomic mass is 35.5. The van der Waals surface area contributed by atoms with Crippen molar-refractivity contribution in [2.75, 3.05) is 18.9 Å². The molecule has 0 aliphatic rings. The molecule has 0 fully saturated rings. The molecule has 0 aliphatic carbocycles. The summed E-state index contributed by atoms with van der Waals surface area (Å²) in [4.78, 5) is 9.04. The Morgan fingerprint density at radius 3 is 2.81 bits per heavy atom. The van der Waals surface area contributed by atoms with E-state index in [2.05, 4.69) is 50.6 Å². The molecule has 2 heterocycles. The van der Waals surface area contributed by atoms with Gasteiger partial charge in [-0.1, -0.05) is 29.8 Å². The van der Waals surface area contributed by atoms with Gasteiger partial charge >= 0.3 is 0 Å². The van der Waals surface area contributed by atoms with Gasteiger partial charge < -0.3 is 15.2 Å². The number of hydrogen-bond donors (Lipinski definition) is 2.